The predicted octanol–water partition coefficient (Wildman–Crippen LogP) is 2.89. The van der Waals surface area contributed by atoms with Crippen molar-refractivity contribution in [1.29, 1.82) is 0 Å². The van der Waals surface area contributed by atoms with E-state index in [1.165, 1.54) is 5.56 Å². The molecule has 0 radical (unpaired) electrons. The smallest absolute Gasteiger partial charge is 0.228 e. The van der Waals surface area contributed by atoms with Gasteiger partial charge in [0.05, 0.1) is 20.6 Å². The zero-order valence-electron chi connectivity index (χ0n) is 12.8. The Hall–Kier alpha value is -2.01. The summed E-state index contributed by atoms with van der Waals surface area (Å²) in [5, 5.41) is 2.01. The zero-order valence-corrected chi connectivity index (χ0v) is 13.6. The minimum absolute atomic E-state index is 0.183. The molecule has 0 unspecified atom stereocenters. The molecule has 1 aliphatic rings. The standard InChI is InChI=1S/C17H19NO3S/c1-20-15-8-12-5-6-18(11-13(12)9-16(15)21-2)17(19)10-14-4-3-7-22-14/h3-4,7-9H,5-6,10-11H2,1-2H3. The Bertz CT molecular complexity index is 667. The van der Waals surface area contributed by atoms with Crippen LogP contribution in [0.5, 0.6) is 11.5 Å². The van der Waals surface area contributed by atoms with E-state index < -0.39 is 0 Å². The van der Waals surface area contributed by atoms with Crippen LogP contribution in [0.2, 0.25) is 0 Å². The number of hydrogen-bond donors (Lipinski definition) is 0. The number of carbonyl (C=O) groups excluding carboxylic acids is 1. The van der Waals surface area contributed by atoms with Crippen molar-refractivity contribution in [2.24, 2.45) is 0 Å². The normalized spacial score (nSPS) is 13.6. The van der Waals surface area contributed by atoms with Crippen LogP contribution in [-0.2, 0) is 24.2 Å². The lowest BCUT2D eigenvalue weighted by atomic mass is 9.98. The summed E-state index contributed by atoms with van der Waals surface area (Å²) in [6.07, 6.45) is 1.34. The Kier molecular flexibility index (Phi) is 4.34. The summed E-state index contributed by atoms with van der Waals surface area (Å²) in [5.74, 6) is 1.65. The Labute approximate surface area is 134 Å². The molecule has 0 fully saturated rings. The molecule has 5 heteroatoms. The molecule has 0 N–H and O–H groups in total. The van der Waals surface area contributed by atoms with Crippen LogP contribution in [0.1, 0.15) is 16.0 Å². The van der Waals surface area contributed by atoms with Gasteiger partial charge in [0.2, 0.25) is 5.91 Å². The molecular weight excluding hydrogens is 298 g/mol. The maximum absolute atomic E-state index is 12.4. The molecule has 0 saturated carbocycles. The molecule has 1 aromatic heterocycles. The number of benzene rings is 1. The SMILES string of the molecule is COc1cc2c(cc1OC)CN(C(=O)Cc1cccs1)CC2. The number of methoxy groups -OCH3 is 2. The lowest BCUT2D eigenvalue weighted by Crippen LogP contribution is -2.36. The number of nitrogens with zero attached hydrogens (tertiary/aromatic N) is 1. The van der Waals surface area contributed by atoms with Gasteiger partial charge in [-0.05, 0) is 41.1 Å². The topological polar surface area (TPSA) is 38.8 Å². The van der Waals surface area contributed by atoms with Crippen molar-refractivity contribution in [3.05, 3.63) is 45.6 Å². The average molecular weight is 317 g/mol. The Morgan fingerprint density at radius 3 is 2.59 bits per heavy atom. The highest BCUT2D eigenvalue weighted by atomic mass is 32.1. The fourth-order valence-electron chi connectivity index (χ4n) is 2.77. The molecule has 0 spiro atoms. The van der Waals surface area contributed by atoms with Gasteiger partial charge in [-0.2, -0.15) is 0 Å². The number of hydrogen-bond acceptors (Lipinski definition) is 4. The summed E-state index contributed by atoms with van der Waals surface area (Å²) in [5.41, 5.74) is 2.38. The number of amides is 1. The Balaban J connectivity index is 1.76. The van der Waals surface area contributed by atoms with E-state index >= 15 is 0 Å². The van der Waals surface area contributed by atoms with E-state index in [0.717, 1.165) is 29.2 Å². The Morgan fingerprint density at radius 1 is 1.23 bits per heavy atom. The summed E-state index contributed by atoms with van der Waals surface area (Å²) >= 11 is 1.63. The van der Waals surface area contributed by atoms with E-state index in [0.29, 0.717) is 18.7 Å². The van der Waals surface area contributed by atoms with Gasteiger partial charge in [-0.25, -0.2) is 0 Å². The molecule has 0 atom stereocenters. The zero-order chi connectivity index (χ0) is 15.5. The number of ether oxygens (including phenoxy) is 2. The first-order valence-electron chi connectivity index (χ1n) is 7.25. The van der Waals surface area contributed by atoms with Crippen LogP contribution in [0.4, 0.5) is 0 Å². The highest BCUT2D eigenvalue weighted by Crippen LogP contribution is 2.33. The van der Waals surface area contributed by atoms with Crippen LogP contribution in [0.25, 0.3) is 0 Å². The minimum atomic E-state index is 0.183. The number of thiophene rings is 1. The summed E-state index contributed by atoms with van der Waals surface area (Å²) in [6, 6.07) is 8.00. The quantitative estimate of drug-likeness (QED) is 0.870. The van der Waals surface area contributed by atoms with Crippen molar-refractivity contribution < 1.29 is 14.3 Å². The molecule has 0 saturated heterocycles. The maximum Gasteiger partial charge on any atom is 0.228 e. The molecule has 2 heterocycles. The van der Waals surface area contributed by atoms with E-state index in [1.54, 1.807) is 25.6 Å². The van der Waals surface area contributed by atoms with Crippen molar-refractivity contribution in [3.8, 4) is 11.5 Å². The van der Waals surface area contributed by atoms with Crippen LogP contribution >= 0.6 is 11.3 Å². The van der Waals surface area contributed by atoms with Gasteiger partial charge < -0.3 is 14.4 Å². The molecule has 2 aromatic rings. The minimum Gasteiger partial charge on any atom is -0.493 e. The average Bonchev–Trinajstić information content (AvgIpc) is 3.05. The van der Waals surface area contributed by atoms with Crippen molar-refractivity contribution in [2.75, 3.05) is 20.8 Å². The van der Waals surface area contributed by atoms with Crippen molar-refractivity contribution in [1.82, 2.24) is 4.90 Å². The molecule has 1 aliphatic heterocycles. The van der Waals surface area contributed by atoms with E-state index in [1.807, 2.05) is 34.5 Å². The predicted molar refractivity (Wildman–Crippen MR) is 86.7 cm³/mol. The van der Waals surface area contributed by atoms with Crippen LogP contribution in [0.3, 0.4) is 0 Å². The van der Waals surface area contributed by atoms with Gasteiger partial charge >= 0.3 is 0 Å². The molecule has 1 aromatic carbocycles. The molecule has 4 nitrogen and oxygen atoms in total. The van der Waals surface area contributed by atoms with Gasteiger partial charge in [0.1, 0.15) is 0 Å². The van der Waals surface area contributed by atoms with Gasteiger partial charge in [-0.3, -0.25) is 4.79 Å². The van der Waals surface area contributed by atoms with Gasteiger partial charge in [0.25, 0.3) is 0 Å². The maximum atomic E-state index is 12.4. The summed E-state index contributed by atoms with van der Waals surface area (Å²) < 4.78 is 10.7. The fourth-order valence-corrected chi connectivity index (χ4v) is 3.47. The molecule has 3 rings (SSSR count). The first-order chi connectivity index (χ1) is 10.7. The fraction of sp³-hybridized carbons (Fsp3) is 0.353. The lowest BCUT2D eigenvalue weighted by molar-refractivity contribution is -0.131. The molecule has 0 aliphatic carbocycles. The van der Waals surface area contributed by atoms with E-state index in [-0.39, 0.29) is 5.91 Å². The summed E-state index contributed by atoms with van der Waals surface area (Å²) in [4.78, 5) is 15.5. The third-order valence-corrected chi connectivity index (χ3v) is 4.85. The third-order valence-electron chi connectivity index (χ3n) is 3.98. The second kappa shape index (κ2) is 6.40. The van der Waals surface area contributed by atoms with Gasteiger partial charge in [-0.15, -0.1) is 11.3 Å². The summed E-state index contributed by atoms with van der Waals surface area (Å²) in [7, 11) is 3.27. The van der Waals surface area contributed by atoms with Crippen molar-refractivity contribution >= 4 is 17.2 Å². The van der Waals surface area contributed by atoms with E-state index in [2.05, 4.69) is 0 Å². The second-order valence-corrected chi connectivity index (χ2v) is 6.33. The number of carbonyl (C=O) groups is 1. The number of fused-ring (bicyclic) bond motifs is 1. The van der Waals surface area contributed by atoms with Crippen LogP contribution in [0.15, 0.2) is 29.6 Å². The highest BCUT2D eigenvalue weighted by Gasteiger charge is 2.23. The van der Waals surface area contributed by atoms with Gasteiger partial charge in [0, 0.05) is 18.0 Å². The molecule has 22 heavy (non-hydrogen) atoms. The van der Waals surface area contributed by atoms with E-state index in [4.69, 9.17) is 9.47 Å². The summed E-state index contributed by atoms with van der Waals surface area (Å²) in [6.45, 7) is 1.40. The first kappa shape index (κ1) is 14.9. The molecule has 0 bridgehead atoms. The van der Waals surface area contributed by atoms with Gasteiger partial charge in [0.15, 0.2) is 11.5 Å². The van der Waals surface area contributed by atoms with Crippen LogP contribution in [-0.4, -0.2) is 31.6 Å². The second-order valence-electron chi connectivity index (χ2n) is 5.30. The van der Waals surface area contributed by atoms with Crippen molar-refractivity contribution in [3.63, 3.8) is 0 Å². The number of rotatable bonds is 4. The monoisotopic (exact) mass is 317 g/mol. The largest absolute Gasteiger partial charge is 0.493 e. The third kappa shape index (κ3) is 2.95. The first-order valence-corrected chi connectivity index (χ1v) is 8.13. The van der Waals surface area contributed by atoms with Crippen molar-refractivity contribution in [2.45, 2.75) is 19.4 Å². The molecular formula is C17H19NO3S. The Morgan fingerprint density at radius 2 is 1.95 bits per heavy atom. The lowest BCUT2D eigenvalue weighted by Gasteiger charge is -2.29. The van der Waals surface area contributed by atoms with E-state index in [9.17, 15) is 4.79 Å². The van der Waals surface area contributed by atoms with Gasteiger partial charge in [-0.1, -0.05) is 6.07 Å². The molecule has 1 amide bonds. The van der Waals surface area contributed by atoms with Crippen LogP contribution < -0.4 is 9.47 Å². The van der Waals surface area contributed by atoms with Crippen LogP contribution in [0, 0.1) is 0 Å². The molecule has 116 valence electrons. The highest BCUT2D eigenvalue weighted by molar-refractivity contribution is 7.10.